The van der Waals surface area contributed by atoms with Crippen molar-refractivity contribution < 1.29 is 5.11 Å². The summed E-state index contributed by atoms with van der Waals surface area (Å²) in [5, 5.41) is 9.40. The normalized spacial score (nSPS) is 13.2. The lowest BCUT2D eigenvalue weighted by Crippen LogP contribution is -2.12. The van der Waals surface area contributed by atoms with E-state index in [9.17, 15) is 0 Å². The van der Waals surface area contributed by atoms with Crippen molar-refractivity contribution in [2.24, 2.45) is 5.73 Å². The standard InChI is InChI=1S/C11H14ClN3O/c1-7-3-2-4-9-14-10(8(13)5-6-16)11(12)15(7)9/h2-4,8,16H,5-6,13H2,1H3. The number of hydrogen-bond donors (Lipinski definition) is 2. The zero-order chi connectivity index (χ0) is 11.7. The highest BCUT2D eigenvalue weighted by molar-refractivity contribution is 6.30. The first-order valence-corrected chi connectivity index (χ1v) is 5.53. The van der Waals surface area contributed by atoms with E-state index < -0.39 is 0 Å². The second-order valence-corrected chi connectivity index (χ2v) is 4.13. The maximum Gasteiger partial charge on any atom is 0.138 e. The number of pyridine rings is 1. The summed E-state index contributed by atoms with van der Waals surface area (Å²) in [7, 11) is 0. The molecule has 0 aliphatic rings. The SMILES string of the molecule is Cc1cccc2nc(C(N)CCO)c(Cl)n12. The van der Waals surface area contributed by atoms with Crippen LogP contribution in [0.2, 0.25) is 5.15 Å². The van der Waals surface area contributed by atoms with Gasteiger partial charge in [-0.1, -0.05) is 17.7 Å². The van der Waals surface area contributed by atoms with Gasteiger partial charge in [0.15, 0.2) is 0 Å². The van der Waals surface area contributed by atoms with Crippen molar-refractivity contribution in [1.29, 1.82) is 0 Å². The van der Waals surface area contributed by atoms with E-state index in [1.165, 1.54) is 0 Å². The fourth-order valence-electron chi connectivity index (χ4n) is 1.74. The number of fused-ring (bicyclic) bond motifs is 1. The van der Waals surface area contributed by atoms with E-state index in [2.05, 4.69) is 4.98 Å². The van der Waals surface area contributed by atoms with Gasteiger partial charge in [-0.2, -0.15) is 0 Å². The fraction of sp³-hybridized carbons (Fsp3) is 0.364. The van der Waals surface area contributed by atoms with E-state index in [-0.39, 0.29) is 12.6 Å². The zero-order valence-corrected chi connectivity index (χ0v) is 9.78. The van der Waals surface area contributed by atoms with Crippen LogP contribution in [-0.2, 0) is 0 Å². The fourth-order valence-corrected chi connectivity index (χ4v) is 2.14. The molecule has 2 aromatic rings. The first-order valence-electron chi connectivity index (χ1n) is 5.15. The van der Waals surface area contributed by atoms with Crippen LogP contribution in [0.15, 0.2) is 18.2 Å². The Morgan fingerprint density at radius 3 is 2.94 bits per heavy atom. The van der Waals surface area contributed by atoms with Gasteiger partial charge >= 0.3 is 0 Å². The molecule has 1 atom stereocenters. The summed E-state index contributed by atoms with van der Waals surface area (Å²) in [6.45, 7) is 1.99. The van der Waals surface area contributed by atoms with E-state index in [0.717, 1.165) is 11.3 Å². The minimum absolute atomic E-state index is 0.0321. The van der Waals surface area contributed by atoms with Gasteiger partial charge in [-0.05, 0) is 25.5 Å². The number of nitrogens with zero attached hydrogens (tertiary/aromatic N) is 2. The molecule has 3 N–H and O–H groups in total. The molecule has 2 aromatic heterocycles. The third kappa shape index (κ3) is 1.80. The van der Waals surface area contributed by atoms with Gasteiger partial charge in [-0.15, -0.1) is 0 Å². The predicted octanol–water partition coefficient (Wildman–Crippen LogP) is 1.68. The van der Waals surface area contributed by atoms with Crippen LogP contribution in [0.5, 0.6) is 0 Å². The smallest absolute Gasteiger partial charge is 0.138 e. The first-order chi connectivity index (χ1) is 7.65. The Bertz CT molecular complexity index is 509. The molecule has 0 spiro atoms. The lowest BCUT2D eigenvalue weighted by molar-refractivity contribution is 0.276. The van der Waals surface area contributed by atoms with Crippen LogP contribution in [0.25, 0.3) is 5.65 Å². The van der Waals surface area contributed by atoms with Crippen LogP contribution in [0, 0.1) is 6.92 Å². The van der Waals surface area contributed by atoms with Gasteiger partial charge in [0.2, 0.25) is 0 Å². The van der Waals surface area contributed by atoms with E-state index in [1.54, 1.807) is 0 Å². The lowest BCUT2D eigenvalue weighted by Gasteiger charge is -2.06. The van der Waals surface area contributed by atoms with Gasteiger partial charge in [0.25, 0.3) is 0 Å². The molecule has 0 amide bonds. The molecule has 0 radical (unpaired) electrons. The van der Waals surface area contributed by atoms with Gasteiger partial charge in [0.1, 0.15) is 10.8 Å². The summed E-state index contributed by atoms with van der Waals surface area (Å²) >= 11 is 6.23. The van der Waals surface area contributed by atoms with Crippen molar-refractivity contribution in [3.05, 3.63) is 34.7 Å². The molecule has 5 heteroatoms. The van der Waals surface area contributed by atoms with Gasteiger partial charge < -0.3 is 10.8 Å². The van der Waals surface area contributed by atoms with Crippen molar-refractivity contribution in [3.8, 4) is 0 Å². The van der Waals surface area contributed by atoms with Crippen LogP contribution < -0.4 is 5.73 Å². The van der Waals surface area contributed by atoms with Gasteiger partial charge in [0.05, 0.1) is 11.7 Å². The maximum atomic E-state index is 8.86. The van der Waals surface area contributed by atoms with Crippen molar-refractivity contribution in [1.82, 2.24) is 9.38 Å². The third-order valence-corrected chi connectivity index (χ3v) is 2.96. The van der Waals surface area contributed by atoms with Crippen LogP contribution in [0.4, 0.5) is 0 Å². The number of halogens is 1. The van der Waals surface area contributed by atoms with Gasteiger partial charge in [-0.3, -0.25) is 4.40 Å². The monoisotopic (exact) mass is 239 g/mol. The minimum Gasteiger partial charge on any atom is -0.396 e. The average Bonchev–Trinajstić information content (AvgIpc) is 2.58. The number of imidazole rings is 1. The van der Waals surface area contributed by atoms with E-state index >= 15 is 0 Å². The van der Waals surface area contributed by atoms with Crippen molar-refractivity contribution in [3.63, 3.8) is 0 Å². The van der Waals surface area contributed by atoms with Crippen LogP contribution in [-0.4, -0.2) is 21.1 Å². The Kier molecular flexibility index (Phi) is 3.14. The van der Waals surface area contributed by atoms with Crippen molar-refractivity contribution in [2.45, 2.75) is 19.4 Å². The first kappa shape index (κ1) is 11.4. The average molecular weight is 240 g/mol. The quantitative estimate of drug-likeness (QED) is 0.857. The summed E-state index contributed by atoms with van der Waals surface area (Å²) in [4.78, 5) is 4.39. The minimum atomic E-state index is -0.322. The largest absolute Gasteiger partial charge is 0.396 e. The summed E-state index contributed by atoms with van der Waals surface area (Å²) in [6.07, 6.45) is 0.461. The Morgan fingerprint density at radius 2 is 2.31 bits per heavy atom. The summed E-state index contributed by atoms with van der Waals surface area (Å²) in [5.41, 5.74) is 8.34. The molecule has 0 aromatic carbocycles. The highest BCUT2D eigenvalue weighted by atomic mass is 35.5. The summed E-state index contributed by atoms with van der Waals surface area (Å²) < 4.78 is 1.86. The molecular weight excluding hydrogens is 226 g/mol. The molecule has 86 valence electrons. The molecule has 16 heavy (non-hydrogen) atoms. The topological polar surface area (TPSA) is 63.5 Å². The summed E-state index contributed by atoms with van der Waals surface area (Å²) in [5.74, 6) is 0. The molecular formula is C11H14ClN3O. The maximum absolute atomic E-state index is 8.86. The molecule has 0 aliphatic carbocycles. The predicted molar refractivity (Wildman–Crippen MR) is 63.6 cm³/mol. The molecule has 1 unspecified atom stereocenters. The number of aryl methyl sites for hydroxylation is 1. The number of rotatable bonds is 3. The van der Waals surface area contributed by atoms with Crippen LogP contribution >= 0.6 is 11.6 Å². The molecule has 0 aliphatic heterocycles. The van der Waals surface area contributed by atoms with Gasteiger partial charge in [-0.25, -0.2) is 4.98 Å². The Morgan fingerprint density at radius 1 is 1.56 bits per heavy atom. The Labute approximate surface area is 98.7 Å². The zero-order valence-electron chi connectivity index (χ0n) is 9.02. The van der Waals surface area contributed by atoms with Crippen LogP contribution in [0.1, 0.15) is 23.9 Å². The highest BCUT2D eigenvalue weighted by Gasteiger charge is 2.17. The Balaban J connectivity index is 2.56. The molecule has 0 saturated heterocycles. The molecule has 0 saturated carbocycles. The lowest BCUT2D eigenvalue weighted by atomic mass is 10.2. The number of aliphatic hydroxyl groups excluding tert-OH is 1. The van der Waals surface area contributed by atoms with Crippen molar-refractivity contribution in [2.75, 3.05) is 6.61 Å². The summed E-state index contributed by atoms with van der Waals surface area (Å²) in [6, 6.07) is 5.45. The van der Waals surface area contributed by atoms with Crippen molar-refractivity contribution >= 4 is 17.2 Å². The van der Waals surface area contributed by atoms with E-state index in [4.69, 9.17) is 22.4 Å². The number of hydrogen-bond acceptors (Lipinski definition) is 3. The van der Waals surface area contributed by atoms with E-state index in [1.807, 2.05) is 29.5 Å². The number of nitrogens with two attached hydrogens (primary N) is 1. The second-order valence-electron chi connectivity index (χ2n) is 3.77. The highest BCUT2D eigenvalue weighted by Crippen LogP contribution is 2.25. The molecule has 0 fully saturated rings. The van der Waals surface area contributed by atoms with Crippen LogP contribution in [0.3, 0.4) is 0 Å². The van der Waals surface area contributed by atoms with E-state index in [0.29, 0.717) is 17.3 Å². The number of aromatic nitrogens is 2. The molecule has 2 rings (SSSR count). The molecule has 0 bridgehead atoms. The molecule has 4 nitrogen and oxygen atoms in total. The molecule has 2 heterocycles. The van der Waals surface area contributed by atoms with Gasteiger partial charge in [0, 0.05) is 12.3 Å². The second kappa shape index (κ2) is 4.41. The number of aliphatic hydroxyl groups is 1. The Hall–Kier alpha value is -1.10. The third-order valence-electron chi connectivity index (χ3n) is 2.60.